The molecule has 0 saturated carbocycles. The van der Waals surface area contributed by atoms with Gasteiger partial charge in [0.1, 0.15) is 5.75 Å². The molecule has 0 spiro atoms. The second-order valence-corrected chi connectivity index (χ2v) is 9.27. The average molecular weight is 451 g/mol. The summed E-state index contributed by atoms with van der Waals surface area (Å²) in [5.41, 5.74) is 1.38. The first-order valence-corrected chi connectivity index (χ1v) is 11.7. The van der Waals surface area contributed by atoms with Crippen LogP contribution in [0.1, 0.15) is 51.5 Å². The molecule has 2 heterocycles. The summed E-state index contributed by atoms with van der Waals surface area (Å²) in [6, 6.07) is 6.36. The van der Waals surface area contributed by atoms with Crippen LogP contribution in [0.15, 0.2) is 22.7 Å². The summed E-state index contributed by atoms with van der Waals surface area (Å²) in [5, 5.41) is 0. The highest BCUT2D eigenvalue weighted by molar-refractivity contribution is 9.10. The van der Waals surface area contributed by atoms with Gasteiger partial charge < -0.3 is 14.5 Å². The Kier molecular flexibility index (Phi) is 8.22. The molecule has 1 aromatic carbocycles. The minimum atomic E-state index is 0.235. The maximum Gasteiger partial charge on any atom is 0.219 e. The maximum atomic E-state index is 11.5. The maximum absolute atomic E-state index is 11.5. The van der Waals surface area contributed by atoms with Crippen molar-refractivity contribution in [3.05, 3.63) is 28.2 Å². The lowest BCUT2D eigenvalue weighted by atomic mass is 9.89. The van der Waals surface area contributed by atoms with Crippen molar-refractivity contribution in [1.82, 2.24) is 9.80 Å². The Labute approximate surface area is 178 Å². The molecular formula is C23H35BrN2O2. The van der Waals surface area contributed by atoms with Gasteiger partial charge in [-0.25, -0.2) is 0 Å². The number of halogens is 1. The van der Waals surface area contributed by atoms with Gasteiger partial charge in [0, 0.05) is 24.5 Å². The van der Waals surface area contributed by atoms with E-state index in [4.69, 9.17) is 4.74 Å². The van der Waals surface area contributed by atoms with Crippen LogP contribution < -0.4 is 4.74 Å². The van der Waals surface area contributed by atoms with E-state index in [9.17, 15) is 4.79 Å². The van der Waals surface area contributed by atoms with Crippen LogP contribution in [0.3, 0.4) is 0 Å². The SMILES string of the molecule is CCOc1ccc(Br)c(CC2CCN(CCC3CCN(C(C)=O)CC3)CC2)c1. The number of piperidine rings is 2. The minimum Gasteiger partial charge on any atom is -0.494 e. The molecule has 0 atom stereocenters. The fraction of sp³-hybridized carbons (Fsp3) is 0.696. The van der Waals surface area contributed by atoms with Gasteiger partial charge in [-0.1, -0.05) is 15.9 Å². The van der Waals surface area contributed by atoms with Gasteiger partial charge in [-0.3, -0.25) is 4.79 Å². The van der Waals surface area contributed by atoms with E-state index in [1.165, 1.54) is 61.8 Å². The van der Waals surface area contributed by atoms with Gasteiger partial charge in [0.25, 0.3) is 0 Å². The minimum absolute atomic E-state index is 0.235. The fourth-order valence-electron chi connectivity index (χ4n) is 4.59. The number of carbonyl (C=O) groups excluding carboxylic acids is 1. The highest BCUT2D eigenvalue weighted by Gasteiger charge is 2.24. The lowest BCUT2D eigenvalue weighted by molar-refractivity contribution is -0.130. The van der Waals surface area contributed by atoms with Crippen molar-refractivity contribution in [3.63, 3.8) is 0 Å². The molecule has 0 radical (unpaired) electrons. The van der Waals surface area contributed by atoms with Crippen LogP contribution in [-0.2, 0) is 11.2 Å². The molecule has 4 nitrogen and oxygen atoms in total. The normalized spacial score (nSPS) is 19.8. The lowest BCUT2D eigenvalue weighted by Crippen LogP contribution is -2.39. The van der Waals surface area contributed by atoms with Crippen molar-refractivity contribution in [2.24, 2.45) is 11.8 Å². The van der Waals surface area contributed by atoms with E-state index >= 15 is 0 Å². The smallest absolute Gasteiger partial charge is 0.219 e. The first-order chi connectivity index (χ1) is 13.5. The van der Waals surface area contributed by atoms with Gasteiger partial charge in [0.05, 0.1) is 6.61 Å². The van der Waals surface area contributed by atoms with E-state index in [2.05, 4.69) is 33.0 Å². The summed E-state index contributed by atoms with van der Waals surface area (Å²) in [4.78, 5) is 16.1. The second-order valence-electron chi connectivity index (χ2n) is 8.41. The van der Waals surface area contributed by atoms with Crippen LogP contribution in [0.25, 0.3) is 0 Å². The molecule has 0 unspecified atom stereocenters. The monoisotopic (exact) mass is 450 g/mol. The molecule has 156 valence electrons. The van der Waals surface area contributed by atoms with Gasteiger partial charge in [-0.2, -0.15) is 0 Å². The molecule has 0 N–H and O–H groups in total. The van der Waals surface area contributed by atoms with Crippen LogP contribution in [0.2, 0.25) is 0 Å². The molecule has 5 heteroatoms. The third-order valence-corrected chi connectivity index (χ3v) is 7.23. The zero-order chi connectivity index (χ0) is 19.9. The molecule has 1 amide bonds. The zero-order valence-electron chi connectivity index (χ0n) is 17.5. The van der Waals surface area contributed by atoms with Crippen molar-refractivity contribution < 1.29 is 9.53 Å². The van der Waals surface area contributed by atoms with E-state index in [1.807, 2.05) is 17.9 Å². The number of hydrogen-bond acceptors (Lipinski definition) is 3. The van der Waals surface area contributed by atoms with E-state index in [-0.39, 0.29) is 5.91 Å². The molecule has 0 aliphatic carbocycles. The topological polar surface area (TPSA) is 32.8 Å². The Morgan fingerprint density at radius 1 is 1.11 bits per heavy atom. The van der Waals surface area contributed by atoms with Crippen LogP contribution in [0.4, 0.5) is 0 Å². The number of hydrogen-bond donors (Lipinski definition) is 0. The van der Waals surface area contributed by atoms with Crippen molar-refractivity contribution in [2.45, 2.75) is 52.4 Å². The van der Waals surface area contributed by atoms with Crippen LogP contribution in [-0.4, -0.2) is 55.0 Å². The summed E-state index contributed by atoms with van der Waals surface area (Å²) in [6.45, 7) is 10.0. The highest BCUT2D eigenvalue weighted by Crippen LogP contribution is 2.29. The molecule has 2 saturated heterocycles. The Morgan fingerprint density at radius 2 is 1.79 bits per heavy atom. The Morgan fingerprint density at radius 3 is 2.43 bits per heavy atom. The molecule has 2 fully saturated rings. The third-order valence-electron chi connectivity index (χ3n) is 6.46. The summed E-state index contributed by atoms with van der Waals surface area (Å²) in [7, 11) is 0. The summed E-state index contributed by atoms with van der Waals surface area (Å²) in [6.07, 6.45) is 7.36. The molecule has 0 aromatic heterocycles. The first kappa shape index (κ1) is 21.6. The van der Waals surface area contributed by atoms with E-state index in [0.29, 0.717) is 6.61 Å². The molecule has 0 bridgehead atoms. The third kappa shape index (κ3) is 6.21. The molecule has 1 aromatic rings. The predicted octanol–water partition coefficient (Wildman–Crippen LogP) is 4.75. The van der Waals surface area contributed by atoms with Gasteiger partial charge in [-0.05, 0) is 101 Å². The quantitative estimate of drug-likeness (QED) is 0.600. The first-order valence-electron chi connectivity index (χ1n) is 10.9. The van der Waals surface area contributed by atoms with Crippen LogP contribution in [0.5, 0.6) is 5.75 Å². The molecular weight excluding hydrogens is 416 g/mol. The largest absolute Gasteiger partial charge is 0.494 e. The van der Waals surface area contributed by atoms with Gasteiger partial charge in [0.2, 0.25) is 5.91 Å². The number of nitrogens with zero attached hydrogens (tertiary/aromatic N) is 2. The highest BCUT2D eigenvalue weighted by atomic mass is 79.9. The summed E-state index contributed by atoms with van der Waals surface area (Å²) in [5.74, 6) is 2.78. The van der Waals surface area contributed by atoms with Crippen molar-refractivity contribution in [1.29, 1.82) is 0 Å². The van der Waals surface area contributed by atoms with Crippen molar-refractivity contribution >= 4 is 21.8 Å². The second kappa shape index (κ2) is 10.6. The fourth-order valence-corrected chi connectivity index (χ4v) is 5.00. The molecule has 28 heavy (non-hydrogen) atoms. The summed E-state index contributed by atoms with van der Waals surface area (Å²) < 4.78 is 6.87. The van der Waals surface area contributed by atoms with E-state index in [0.717, 1.165) is 37.1 Å². The lowest BCUT2D eigenvalue weighted by Gasteiger charge is -2.35. The van der Waals surface area contributed by atoms with Gasteiger partial charge in [-0.15, -0.1) is 0 Å². The number of likely N-dealkylation sites (tertiary alicyclic amines) is 2. The molecule has 2 aliphatic heterocycles. The standard InChI is InChI=1S/C23H35BrN2O2/c1-3-28-22-4-5-23(24)21(17-22)16-20-7-12-25(13-8-20)11-6-19-9-14-26(15-10-19)18(2)27/h4-5,17,19-20H,3,6-16H2,1-2H3. The number of ether oxygens (including phenoxy) is 1. The zero-order valence-corrected chi connectivity index (χ0v) is 19.0. The van der Waals surface area contributed by atoms with Crippen LogP contribution >= 0.6 is 15.9 Å². The number of rotatable bonds is 7. The number of benzene rings is 1. The Hall–Kier alpha value is -1.07. The number of carbonyl (C=O) groups is 1. The average Bonchev–Trinajstić information content (AvgIpc) is 2.70. The number of amides is 1. The molecule has 3 rings (SSSR count). The van der Waals surface area contributed by atoms with Crippen molar-refractivity contribution in [3.8, 4) is 5.75 Å². The van der Waals surface area contributed by atoms with Crippen LogP contribution in [0, 0.1) is 11.8 Å². The summed E-state index contributed by atoms with van der Waals surface area (Å²) >= 11 is 3.71. The van der Waals surface area contributed by atoms with Gasteiger partial charge >= 0.3 is 0 Å². The molecule has 2 aliphatic rings. The van der Waals surface area contributed by atoms with E-state index in [1.54, 1.807) is 6.92 Å². The Balaban J connectivity index is 1.38. The predicted molar refractivity (Wildman–Crippen MR) is 118 cm³/mol. The van der Waals surface area contributed by atoms with Gasteiger partial charge in [0.15, 0.2) is 0 Å². The Bertz CT molecular complexity index is 635. The van der Waals surface area contributed by atoms with E-state index < -0.39 is 0 Å². The van der Waals surface area contributed by atoms with Crippen molar-refractivity contribution in [2.75, 3.05) is 39.3 Å².